The molecule has 0 fully saturated rings. The molecule has 5 heteroatoms. The van der Waals surface area contributed by atoms with Crippen molar-refractivity contribution >= 4 is 17.3 Å². The van der Waals surface area contributed by atoms with Crippen LogP contribution in [-0.4, -0.2) is 16.1 Å². The molecular formula is C15H21N3OS. The number of nitrogens with zero attached hydrogens (tertiary/aromatic N) is 2. The van der Waals surface area contributed by atoms with Crippen molar-refractivity contribution in [2.24, 2.45) is 0 Å². The van der Waals surface area contributed by atoms with Crippen molar-refractivity contribution in [3.8, 4) is 5.88 Å². The van der Waals surface area contributed by atoms with Gasteiger partial charge >= 0.3 is 0 Å². The topological polar surface area (TPSA) is 47.0 Å². The fourth-order valence-corrected chi connectivity index (χ4v) is 3.09. The van der Waals surface area contributed by atoms with Crippen LogP contribution in [0, 0.1) is 13.8 Å². The standard InChI is InChI=1S/C15H21N3OS/c1-9(2)19-14-6-7-16-15(18-14)17-11(4)13-8-10(3)20-12(13)5/h6-9,11H,1-5H3,(H,16,17,18). The fourth-order valence-electron chi connectivity index (χ4n) is 2.07. The van der Waals surface area contributed by atoms with Crippen molar-refractivity contribution in [3.63, 3.8) is 0 Å². The Labute approximate surface area is 124 Å². The van der Waals surface area contributed by atoms with Crippen LogP contribution in [0.4, 0.5) is 5.95 Å². The van der Waals surface area contributed by atoms with E-state index in [1.165, 1.54) is 15.3 Å². The number of ether oxygens (including phenoxy) is 1. The van der Waals surface area contributed by atoms with Crippen molar-refractivity contribution in [2.75, 3.05) is 5.32 Å². The number of nitrogens with one attached hydrogen (secondary N) is 1. The maximum Gasteiger partial charge on any atom is 0.226 e. The molecule has 0 saturated carbocycles. The van der Waals surface area contributed by atoms with E-state index >= 15 is 0 Å². The Bertz CT molecular complexity index is 580. The molecule has 0 spiro atoms. The SMILES string of the molecule is Cc1cc(C(C)Nc2nccc(OC(C)C)n2)c(C)s1. The average Bonchev–Trinajstić information content (AvgIpc) is 2.68. The highest BCUT2D eigenvalue weighted by molar-refractivity contribution is 7.12. The van der Waals surface area contributed by atoms with Gasteiger partial charge < -0.3 is 10.1 Å². The largest absolute Gasteiger partial charge is 0.475 e. The van der Waals surface area contributed by atoms with Gasteiger partial charge in [-0.05, 0) is 46.2 Å². The minimum Gasteiger partial charge on any atom is -0.475 e. The molecule has 108 valence electrons. The number of aromatic nitrogens is 2. The Morgan fingerprint density at radius 2 is 2.00 bits per heavy atom. The number of rotatable bonds is 5. The van der Waals surface area contributed by atoms with Crippen molar-refractivity contribution in [1.29, 1.82) is 0 Å². The van der Waals surface area contributed by atoms with Gasteiger partial charge in [-0.2, -0.15) is 4.98 Å². The van der Waals surface area contributed by atoms with Gasteiger partial charge in [-0.1, -0.05) is 0 Å². The molecule has 0 aromatic carbocycles. The first-order valence-electron chi connectivity index (χ1n) is 6.79. The third-order valence-electron chi connectivity index (χ3n) is 2.88. The summed E-state index contributed by atoms with van der Waals surface area (Å²) in [4.78, 5) is 11.3. The summed E-state index contributed by atoms with van der Waals surface area (Å²) in [5.74, 6) is 1.20. The Morgan fingerprint density at radius 3 is 2.60 bits per heavy atom. The van der Waals surface area contributed by atoms with Crippen LogP contribution in [-0.2, 0) is 0 Å². The molecular weight excluding hydrogens is 270 g/mol. The highest BCUT2D eigenvalue weighted by Gasteiger charge is 2.12. The first-order valence-corrected chi connectivity index (χ1v) is 7.60. The highest BCUT2D eigenvalue weighted by atomic mass is 32.1. The van der Waals surface area contributed by atoms with Crippen LogP contribution in [0.1, 0.15) is 42.1 Å². The zero-order valence-electron chi connectivity index (χ0n) is 12.6. The van der Waals surface area contributed by atoms with Gasteiger partial charge in [0.2, 0.25) is 11.8 Å². The summed E-state index contributed by atoms with van der Waals surface area (Å²) < 4.78 is 5.58. The normalized spacial score (nSPS) is 12.5. The molecule has 0 bridgehead atoms. The Hall–Kier alpha value is -1.62. The lowest BCUT2D eigenvalue weighted by atomic mass is 10.1. The molecule has 1 atom stereocenters. The molecule has 20 heavy (non-hydrogen) atoms. The van der Waals surface area contributed by atoms with Crippen molar-refractivity contribution in [1.82, 2.24) is 9.97 Å². The van der Waals surface area contributed by atoms with E-state index in [9.17, 15) is 0 Å². The van der Waals surface area contributed by atoms with Crippen LogP contribution >= 0.6 is 11.3 Å². The second-order valence-corrected chi connectivity index (χ2v) is 6.58. The summed E-state index contributed by atoms with van der Waals surface area (Å²) in [5, 5.41) is 3.33. The van der Waals surface area contributed by atoms with E-state index in [0.717, 1.165) is 0 Å². The van der Waals surface area contributed by atoms with E-state index in [1.54, 1.807) is 12.3 Å². The quantitative estimate of drug-likeness (QED) is 0.900. The molecule has 1 N–H and O–H groups in total. The molecule has 1 unspecified atom stereocenters. The lowest BCUT2D eigenvalue weighted by molar-refractivity contribution is 0.232. The predicted octanol–water partition coefficient (Wildman–Crippen LogP) is 4.12. The zero-order valence-corrected chi connectivity index (χ0v) is 13.4. The van der Waals surface area contributed by atoms with Gasteiger partial charge in [0.05, 0.1) is 12.1 Å². The Kier molecular flexibility index (Phi) is 4.60. The van der Waals surface area contributed by atoms with E-state index in [0.29, 0.717) is 11.8 Å². The molecule has 2 aromatic heterocycles. The third-order valence-corrected chi connectivity index (χ3v) is 3.86. The minimum atomic E-state index is 0.108. The van der Waals surface area contributed by atoms with E-state index < -0.39 is 0 Å². The molecule has 0 aliphatic heterocycles. The summed E-state index contributed by atoms with van der Waals surface area (Å²) >= 11 is 1.81. The third kappa shape index (κ3) is 3.70. The van der Waals surface area contributed by atoms with Crippen LogP contribution in [0.15, 0.2) is 18.3 Å². The van der Waals surface area contributed by atoms with Crippen LogP contribution in [0.3, 0.4) is 0 Å². The second-order valence-electron chi connectivity index (χ2n) is 5.12. The van der Waals surface area contributed by atoms with Crippen LogP contribution in [0.2, 0.25) is 0 Å². The molecule has 0 aliphatic carbocycles. The number of thiophene rings is 1. The van der Waals surface area contributed by atoms with Gasteiger partial charge in [-0.15, -0.1) is 11.3 Å². The fraction of sp³-hybridized carbons (Fsp3) is 0.467. The monoisotopic (exact) mass is 291 g/mol. The minimum absolute atomic E-state index is 0.108. The van der Waals surface area contributed by atoms with E-state index in [-0.39, 0.29) is 12.1 Å². The second kappa shape index (κ2) is 6.22. The smallest absolute Gasteiger partial charge is 0.226 e. The highest BCUT2D eigenvalue weighted by Crippen LogP contribution is 2.28. The summed E-state index contributed by atoms with van der Waals surface area (Å²) in [5.41, 5.74) is 1.30. The molecule has 4 nitrogen and oxygen atoms in total. The Balaban J connectivity index is 2.11. The van der Waals surface area contributed by atoms with Crippen molar-refractivity contribution < 1.29 is 4.74 Å². The molecule has 0 radical (unpaired) electrons. The average molecular weight is 291 g/mol. The van der Waals surface area contributed by atoms with Crippen LogP contribution < -0.4 is 10.1 Å². The summed E-state index contributed by atoms with van der Waals surface area (Å²) in [6, 6.07) is 4.16. The molecule has 0 saturated heterocycles. The number of hydrogen-bond donors (Lipinski definition) is 1. The van der Waals surface area contributed by atoms with Gasteiger partial charge in [-0.3, -0.25) is 0 Å². The maximum absolute atomic E-state index is 5.58. The zero-order chi connectivity index (χ0) is 14.7. The van der Waals surface area contributed by atoms with Gasteiger partial charge in [0.1, 0.15) is 0 Å². The van der Waals surface area contributed by atoms with Crippen molar-refractivity contribution in [3.05, 3.63) is 33.6 Å². The molecule has 2 heterocycles. The summed E-state index contributed by atoms with van der Waals surface area (Å²) in [6.07, 6.45) is 1.82. The first kappa shape index (κ1) is 14.8. The number of aryl methyl sites for hydroxylation is 2. The number of hydrogen-bond acceptors (Lipinski definition) is 5. The molecule has 0 aliphatic rings. The lowest BCUT2D eigenvalue weighted by Gasteiger charge is -2.15. The Morgan fingerprint density at radius 1 is 1.25 bits per heavy atom. The molecule has 2 rings (SSSR count). The van der Waals surface area contributed by atoms with Crippen LogP contribution in [0.5, 0.6) is 5.88 Å². The maximum atomic E-state index is 5.58. The first-order chi connectivity index (χ1) is 9.45. The van der Waals surface area contributed by atoms with Gasteiger partial charge in [-0.25, -0.2) is 4.98 Å². The van der Waals surface area contributed by atoms with Crippen molar-refractivity contribution in [2.45, 2.75) is 46.8 Å². The molecule has 2 aromatic rings. The molecule has 0 amide bonds. The lowest BCUT2D eigenvalue weighted by Crippen LogP contribution is -2.12. The van der Waals surface area contributed by atoms with E-state index in [2.05, 4.69) is 42.1 Å². The summed E-state index contributed by atoms with van der Waals surface area (Å²) in [6.45, 7) is 10.4. The summed E-state index contributed by atoms with van der Waals surface area (Å²) in [7, 11) is 0. The van der Waals surface area contributed by atoms with E-state index in [4.69, 9.17) is 4.74 Å². The van der Waals surface area contributed by atoms with E-state index in [1.807, 2.05) is 25.2 Å². The van der Waals surface area contributed by atoms with Gasteiger partial charge in [0.25, 0.3) is 0 Å². The predicted molar refractivity (Wildman–Crippen MR) is 83.6 cm³/mol. The van der Waals surface area contributed by atoms with Gasteiger partial charge in [0.15, 0.2) is 0 Å². The van der Waals surface area contributed by atoms with Gasteiger partial charge in [0, 0.05) is 22.0 Å². The van der Waals surface area contributed by atoms with Crippen LogP contribution in [0.25, 0.3) is 0 Å². The number of anilines is 1.